The summed E-state index contributed by atoms with van der Waals surface area (Å²) < 4.78 is 8.28. The normalized spacial score (nSPS) is 11.2. The van der Waals surface area contributed by atoms with E-state index in [0.717, 1.165) is 5.69 Å². The largest absolute Gasteiger partial charge is 0.378 e. The Kier molecular flexibility index (Phi) is 5.33. The molecule has 29 heavy (non-hydrogen) atoms. The van der Waals surface area contributed by atoms with Crippen molar-refractivity contribution in [3.05, 3.63) is 91.8 Å². The lowest BCUT2D eigenvalue weighted by atomic mass is 10.2. The number of hydrogen-bond donors (Lipinski definition) is 1. The fourth-order valence-corrected chi connectivity index (χ4v) is 3.59. The number of hydrogen-bond acceptors (Lipinski definition) is 4. The van der Waals surface area contributed by atoms with Gasteiger partial charge in [-0.1, -0.05) is 23.7 Å². The molecule has 148 valence electrons. The van der Waals surface area contributed by atoms with Crippen molar-refractivity contribution in [3.63, 3.8) is 0 Å². The van der Waals surface area contributed by atoms with Crippen LogP contribution in [0.5, 0.6) is 0 Å². The van der Waals surface area contributed by atoms with Crippen LogP contribution in [0, 0.1) is 0 Å². The smallest absolute Gasteiger partial charge is 0.280 e. The number of aryl methyl sites for hydroxylation is 1. The van der Waals surface area contributed by atoms with Crippen LogP contribution in [-0.2, 0) is 24.3 Å². The second kappa shape index (κ2) is 8.06. The van der Waals surface area contributed by atoms with E-state index in [-0.39, 0.29) is 17.7 Å². The Bertz CT molecular complexity index is 1270. The minimum absolute atomic E-state index is 0.136. The number of benzene rings is 1. The average molecular weight is 411 g/mol. The van der Waals surface area contributed by atoms with Gasteiger partial charge in [0.05, 0.1) is 28.9 Å². The monoisotopic (exact) mass is 410 g/mol. The third-order valence-electron chi connectivity index (χ3n) is 4.73. The molecule has 0 bridgehead atoms. The molecular weight excluding hydrogens is 392 g/mol. The Labute approximate surface area is 171 Å². The van der Waals surface area contributed by atoms with Crippen LogP contribution in [0.4, 0.5) is 0 Å². The lowest BCUT2D eigenvalue weighted by molar-refractivity contribution is 0.178. The molecule has 1 N–H and O–H groups in total. The van der Waals surface area contributed by atoms with Crippen LogP contribution < -0.4 is 11.1 Å². The number of fused-ring (bicyclic) bond motifs is 1. The molecule has 3 heterocycles. The molecule has 0 spiro atoms. The van der Waals surface area contributed by atoms with E-state index in [9.17, 15) is 9.59 Å². The van der Waals surface area contributed by atoms with Gasteiger partial charge in [0.1, 0.15) is 0 Å². The topological polar surface area (TPSA) is 81.9 Å². The molecule has 0 saturated heterocycles. The number of rotatable bonds is 6. The summed E-state index contributed by atoms with van der Waals surface area (Å²) >= 11 is 6.07. The van der Waals surface area contributed by atoms with E-state index >= 15 is 0 Å². The average Bonchev–Trinajstić information content (AvgIpc) is 3.04. The first-order chi connectivity index (χ1) is 14.1. The van der Waals surface area contributed by atoms with Gasteiger partial charge in [0.15, 0.2) is 0 Å². The first kappa shape index (κ1) is 19.2. The first-order valence-corrected chi connectivity index (χ1v) is 9.48. The Morgan fingerprint density at radius 1 is 1.14 bits per heavy atom. The maximum absolute atomic E-state index is 13.2. The van der Waals surface area contributed by atoms with Crippen LogP contribution in [0.25, 0.3) is 16.6 Å². The van der Waals surface area contributed by atoms with Gasteiger partial charge < -0.3 is 9.30 Å². The van der Waals surface area contributed by atoms with Crippen molar-refractivity contribution >= 4 is 22.5 Å². The van der Waals surface area contributed by atoms with Crippen LogP contribution in [0.3, 0.4) is 0 Å². The predicted octanol–water partition coefficient (Wildman–Crippen LogP) is 2.92. The Balaban J connectivity index is 1.85. The number of halogens is 1. The Morgan fingerprint density at radius 3 is 2.72 bits per heavy atom. The summed E-state index contributed by atoms with van der Waals surface area (Å²) in [6.45, 7) is 0.531. The fraction of sp³-hybridized carbons (Fsp3) is 0.190. The Morgan fingerprint density at radius 2 is 2.00 bits per heavy atom. The number of nitrogens with one attached hydrogen (secondary N) is 1. The molecule has 4 aromatic rings. The number of methoxy groups -OCH3 is 1. The highest BCUT2D eigenvalue weighted by molar-refractivity contribution is 6.30. The molecule has 0 fully saturated rings. The van der Waals surface area contributed by atoms with Gasteiger partial charge in [0, 0.05) is 43.1 Å². The van der Waals surface area contributed by atoms with Crippen LogP contribution in [-0.4, -0.2) is 26.4 Å². The SMILES string of the molecule is COCc1c2c(=O)n(-c3cccc(Cl)c3)[nH]c2cc(=O)n1CCc1ccccn1. The first-order valence-electron chi connectivity index (χ1n) is 9.10. The molecule has 0 amide bonds. The summed E-state index contributed by atoms with van der Waals surface area (Å²) in [5.74, 6) is 0. The number of ether oxygens (including phenoxy) is 1. The van der Waals surface area contributed by atoms with Crippen molar-refractivity contribution in [3.8, 4) is 5.69 Å². The molecule has 0 aliphatic carbocycles. The van der Waals surface area contributed by atoms with Crippen molar-refractivity contribution in [1.82, 2.24) is 19.3 Å². The molecule has 4 rings (SSSR count). The highest BCUT2D eigenvalue weighted by Gasteiger charge is 2.18. The number of aromatic amines is 1. The fourth-order valence-electron chi connectivity index (χ4n) is 3.41. The lowest BCUT2D eigenvalue weighted by Gasteiger charge is -2.12. The third-order valence-corrected chi connectivity index (χ3v) is 4.97. The Hall–Kier alpha value is -3.16. The molecule has 7 nitrogen and oxygen atoms in total. The summed E-state index contributed by atoms with van der Waals surface area (Å²) in [5, 5.41) is 3.95. The van der Waals surface area contributed by atoms with E-state index in [1.165, 1.54) is 17.9 Å². The summed E-state index contributed by atoms with van der Waals surface area (Å²) in [6.07, 6.45) is 2.28. The molecule has 0 saturated carbocycles. The summed E-state index contributed by atoms with van der Waals surface area (Å²) in [4.78, 5) is 30.3. The second-order valence-corrected chi connectivity index (χ2v) is 7.04. The molecular formula is C21H19ClN4O3. The minimum atomic E-state index is -0.263. The molecule has 0 unspecified atom stereocenters. The zero-order valence-electron chi connectivity index (χ0n) is 15.8. The van der Waals surface area contributed by atoms with Crippen molar-refractivity contribution in [2.24, 2.45) is 0 Å². The highest BCUT2D eigenvalue weighted by atomic mass is 35.5. The molecule has 8 heteroatoms. The van der Waals surface area contributed by atoms with E-state index in [1.807, 2.05) is 18.2 Å². The van der Waals surface area contributed by atoms with Crippen molar-refractivity contribution < 1.29 is 4.74 Å². The van der Waals surface area contributed by atoms with Crippen molar-refractivity contribution in [2.75, 3.05) is 7.11 Å². The van der Waals surface area contributed by atoms with Gasteiger partial charge in [-0.05, 0) is 30.3 Å². The molecule has 3 aromatic heterocycles. The minimum Gasteiger partial charge on any atom is -0.378 e. The summed E-state index contributed by atoms with van der Waals surface area (Å²) in [5.41, 5.74) is 1.98. The lowest BCUT2D eigenvalue weighted by Crippen LogP contribution is -2.26. The van der Waals surface area contributed by atoms with Gasteiger partial charge in [-0.25, -0.2) is 4.68 Å². The highest BCUT2D eigenvalue weighted by Crippen LogP contribution is 2.17. The molecule has 1 aromatic carbocycles. The van der Waals surface area contributed by atoms with Crippen molar-refractivity contribution in [2.45, 2.75) is 19.6 Å². The van der Waals surface area contributed by atoms with Crippen LogP contribution in [0.1, 0.15) is 11.4 Å². The van der Waals surface area contributed by atoms with E-state index < -0.39 is 0 Å². The predicted molar refractivity (Wildman–Crippen MR) is 112 cm³/mol. The summed E-state index contributed by atoms with van der Waals surface area (Å²) in [6, 6.07) is 14.0. The molecule has 0 aliphatic heterocycles. The van der Waals surface area contributed by atoms with Crippen molar-refractivity contribution in [1.29, 1.82) is 0 Å². The van der Waals surface area contributed by atoms with Crippen LogP contribution >= 0.6 is 11.6 Å². The van der Waals surface area contributed by atoms with E-state index in [0.29, 0.717) is 40.3 Å². The second-order valence-electron chi connectivity index (χ2n) is 6.61. The van der Waals surface area contributed by atoms with E-state index in [1.54, 1.807) is 35.0 Å². The number of pyridine rings is 2. The number of nitrogens with zero attached hydrogens (tertiary/aromatic N) is 3. The van der Waals surface area contributed by atoms with Crippen LogP contribution in [0.15, 0.2) is 64.3 Å². The van der Waals surface area contributed by atoms with Gasteiger partial charge in [0.25, 0.3) is 11.1 Å². The van der Waals surface area contributed by atoms with Gasteiger partial charge in [-0.2, -0.15) is 0 Å². The molecule has 0 aliphatic rings. The summed E-state index contributed by atoms with van der Waals surface area (Å²) in [7, 11) is 1.54. The maximum Gasteiger partial charge on any atom is 0.280 e. The van der Waals surface area contributed by atoms with Gasteiger partial charge in [-0.3, -0.25) is 19.7 Å². The molecule has 0 radical (unpaired) electrons. The quantitative estimate of drug-likeness (QED) is 0.530. The number of aromatic nitrogens is 4. The number of H-pyrrole nitrogens is 1. The van der Waals surface area contributed by atoms with Gasteiger partial charge in [0.2, 0.25) is 0 Å². The standard InChI is InChI=1S/C21H19ClN4O3/c1-29-13-18-20-17(24-26(21(20)28)16-7-4-5-14(22)11-16)12-19(27)25(18)10-8-15-6-2-3-9-23-15/h2-7,9,11-12,24H,8,10,13H2,1H3. The van der Waals surface area contributed by atoms with E-state index in [4.69, 9.17) is 16.3 Å². The van der Waals surface area contributed by atoms with E-state index in [2.05, 4.69) is 10.1 Å². The van der Waals surface area contributed by atoms with Crippen LogP contribution in [0.2, 0.25) is 5.02 Å². The maximum atomic E-state index is 13.2. The zero-order valence-corrected chi connectivity index (χ0v) is 16.5. The third kappa shape index (κ3) is 3.74. The van der Waals surface area contributed by atoms with Gasteiger partial charge in [-0.15, -0.1) is 0 Å². The molecule has 0 atom stereocenters. The zero-order chi connectivity index (χ0) is 20.4. The van der Waals surface area contributed by atoms with Gasteiger partial charge >= 0.3 is 0 Å².